The largest absolute Gasteiger partial charge is 0.491 e. The van der Waals surface area contributed by atoms with E-state index in [1.807, 2.05) is 0 Å². The van der Waals surface area contributed by atoms with Gasteiger partial charge in [0.2, 0.25) is 0 Å². The zero-order valence-corrected chi connectivity index (χ0v) is 18.6. The number of epoxide rings is 2. The number of hydrogen-bond acceptors (Lipinski definition) is 4. The van der Waals surface area contributed by atoms with Gasteiger partial charge in [-0.3, -0.25) is 0 Å². The third-order valence-electron chi connectivity index (χ3n) is 6.82. The minimum absolute atomic E-state index is 0.303. The Bertz CT molecular complexity index is 846. The molecule has 1 aliphatic carbocycles. The third kappa shape index (κ3) is 5.61. The van der Waals surface area contributed by atoms with Crippen LogP contribution in [0.4, 0.5) is 0 Å². The third-order valence-corrected chi connectivity index (χ3v) is 6.82. The predicted molar refractivity (Wildman–Crippen MR) is 121 cm³/mol. The van der Waals surface area contributed by atoms with Crippen LogP contribution in [0, 0.1) is 0 Å². The number of ether oxygens (including phenoxy) is 4. The maximum Gasteiger partial charge on any atom is 0.122 e. The fourth-order valence-electron chi connectivity index (χ4n) is 4.76. The summed E-state index contributed by atoms with van der Waals surface area (Å²) in [6, 6.07) is 15.6. The fraction of sp³-hybridized carbons (Fsp3) is 0.556. The Morgan fingerprint density at radius 1 is 0.774 bits per heavy atom. The summed E-state index contributed by atoms with van der Waals surface area (Å²) in [7, 11) is 0. The molecule has 3 fully saturated rings. The Kier molecular flexibility index (Phi) is 6.47. The van der Waals surface area contributed by atoms with Gasteiger partial charge in [0.15, 0.2) is 0 Å². The highest BCUT2D eigenvalue weighted by atomic mass is 16.6. The molecule has 2 atom stereocenters. The molecule has 2 unspecified atom stereocenters. The SMILES string of the molecule is CCCc1cc(C2CCC(c3ccc(OCC4CO4)cc3)CC2)ccc1OCC1CO1. The van der Waals surface area contributed by atoms with Crippen LogP contribution in [0.3, 0.4) is 0 Å². The van der Waals surface area contributed by atoms with Gasteiger partial charge in [-0.25, -0.2) is 0 Å². The summed E-state index contributed by atoms with van der Waals surface area (Å²) < 4.78 is 22.3. The highest BCUT2D eigenvalue weighted by Gasteiger charge is 2.26. The summed E-state index contributed by atoms with van der Waals surface area (Å²) in [6.45, 7) is 5.27. The van der Waals surface area contributed by atoms with E-state index in [1.165, 1.54) is 42.4 Å². The summed E-state index contributed by atoms with van der Waals surface area (Å²) in [4.78, 5) is 0. The summed E-state index contributed by atoms with van der Waals surface area (Å²) in [5.74, 6) is 3.32. The van der Waals surface area contributed by atoms with Crippen LogP contribution in [-0.4, -0.2) is 38.6 Å². The van der Waals surface area contributed by atoms with Crippen molar-refractivity contribution in [3.63, 3.8) is 0 Å². The quantitative estimate of drug-likeness (QED) is 0.465. The van der Waals surface area contributed by atoms with Gasteiger partial charge in [0.05, 0.1) is 13.2 Å². The molecule has 0 aromatic heterocycles. The molecule has 4 nitrogen and oxygen atoms in total. The molecule has 2 aliphatic heterocycles. The molecule has 4 heteroatoms. The first-order valence-electron chi connectivity index (χ1n) is 12.0. The molecule has 2 aromatic carbocycles. The van der Waals surface area contributed by atoms with E-state index in [0.717, 1.165) is 37.6 Å². The van der Waals surface area contributed by atoms with E-state index >= 15 is 0 Å². The van der Waals surface area contributed by atoms with Gasteiger partial charge in [-0.05, 0) is 78.8 Å². The van der Waals surface area contributed by atoms with Crippen molar-refractivity contribution < 1.29 is 18.9 Å². The van der Waals surface area contributed by atoms with Gasteiger partial charge in [0, 0.05) is 0 Å². The number of rotatable bonds is 10. The maximum absolute atomic E-state index is 6.03. The van der Waals surface area contributed by atoms with Crippen LogP contribution in [-0.2, 0) is 15.9 Å². The molecule has 0 bridgehead atoms. The predicted octanol–water partition coefficient (Wildman–Crippen LogP) is 5.64. The van der Waals surface area contributed by atoms with Crippen LogP contribution in [0.1, 0.15) is 67.6 Å². The normalized spacial score (nSPS) is 27.0. The van der Waals surface area contributed by atoms with Gasteiger partial charge in [-0.2, -0.15) is 0 Å². The second kappa shape index (κ2) is 9.62. The monoisotopic (exact) mass is 422 g/mol. The van der Waals surface area contributed by atoms with Crippen molar-refractivity contribution in [2.45, 2.75) is 69.5 Å². The Labute approximate surface area is 185 Å². The van der Waals surface area contributed by atoms with E-state index < -0.39 is 0 Å². The fourth-order valence-corrected chi connectivity index (χ4v) is 4.76. The lowest BCUT2D eigenvalue weighted by Gasteiger charge is -2.29. The molecule has 1 saturated carbocycles. The molecule has 2 heterocycles. The van der Waals surface area contributed by atoms with Crippen LogP contribution >= 0.6 is 0 Å². The Morgan fingerprint density at radius 3 is 1.97 bits per heavy atom. The summed E-state index contributed by atoms with van der Waals surface area (Å²) in [5.41, 5.74) is 4.30. The second-order valence-electron chi connectivity index (χ2n) is 9.27. The average molecular weight is 423 g/mol. The molecule has 31 heavy (non-hydrogen) atoms. The lowest BCUT2D eigenvalue weighted by Crippen LogP contribution is -2.13. The van der Waals surface area contributed by atoms with Crippen molar-refractivity contribution in [2.24, 2.45) is 0 Å². The molecule has 0 radical (unpaired) electrons. The molecular weight excluding hydrogens is 388 g/mol. The van der Waals surface area contributed by atoms with E-state index in [9.17, 15) is 0 Å². The van der Waals surface area contributed by atoms with Gasteiger partial charge in [0.25, 0.3) is 0 Å². The van der Waals surface area contributed by atoms with Gasteiger partial charge in [-0.1, -0.05) is 37.6 Å². The van der Waals surface area contributed by atoms with Crippen LogP contribution in [0.15, 0.2) is 42.5 Å². The highest BCUT2D eigenvalue weighted by Crippen LogP contribution is 2.41. The van der Waals surface area contributed by atoms with Crippen molar-refractivity contribution in [2.75, 3.05) is 26.4 Å². The zero-order chi connectivity index (χ0) is 21.0. The number of hydrogen-bond donors (Lipinski definition) is 0. The van der Waals surface area contributed by atoms with Crippen molar-refractivity contribution in [3.8, 4) is 11.5 Å². The minimum atomic E-state index is 0.303. The van der Waals surface area contributed by atoms with Crippen LogP contribution in [0.2, 0.25) is 0 Å². The number of benzene rings is 2. The Hall–Kier alpha value is -2.04. The van der Waals surface area contributed by atoms with E-state index in [4.69, 9.17) is 18.9 Å². The Balaban J connectivity index is 1.17. The zero-order valence-electron chi connectivity index (χ0n) is 18.6. The molecule has 0 spiro atoms. The molecule has 3 aliphatic rings. The molecule has 2 saturated heterocycles. The summed E-state index contributed by atoms with van der Waals surface area (Å²) in [6.07, 6.45) is 7.83. The second-order valence-corrected chi connectivity index (χ2v) is 9.27. The minimum Gasteiger partial charge on any atom is -0.491 e. The van der Waals surface area contributed by atoms with Gasteiger partial charge in [0.1, 0.15) is 36.9 Å². The summed E-state index contributed by atoms with van der Waals surface area (Å²) in [5, 5.41) is 0. The van der Waals surface area contributed by atoms with Crippen molar-refractivity contribution in [1.82, 2.24) is 0 Å². The molecule has 5 rings (SSSR count). The van der Waals surface area contributed by atoms with Crippen LogP contribution in [0.25, 0.3) is 0 Å². The average Bonchev–Trinajstić information content (AvgIpc) is 3.73. The maximum atomic E-state index is 6.03. The standard InChI is InChI=1S/C27H34O4/c1-2-3-23-14-22(10-13-27(23)31-18-26-17-30-26)21-6-4-19(5-7-21)20-8-11-24(12-9-20)28-15-25-16-29-25/h8-14,19,21,25-26H,2-7,15-18H2,1H3. The van der Waals surface area contributed by atoms with E-state index in [1.54, 1.807) is 0 Å². The van der Waals surface area contributed by atoms with E-state index in [-0.39, 0.29) is 0 Å². The topological polar surface area (TPSA) is 43.5 Å². The van der Waals surface area contributed by atoms with Gasteiger partial charge >= 0.3 is 0 Å². The smallest absolute Gasteiger partial charge is 0.122 e. The molecule has 2 aromatic rings. The first-order chi connectivity index (χ1) is 15.3. The van der Waals surface area contributed by atoms with Crippen molar-refractivity contribution >= 4 is 0 Å². The molecule has 0 N–H and O–H groups in total. The molecular formula is C27H34O4. The first kappa shape index (κ1) is 20.8. The van der Waals surface area contributed by atoms with E-state index in [2.05, 4.69) is 49.4 Å². The van der Waals surface area contributed by atoms with E-state index in [0.29, 0.717) is 37.3 Å². The van der Waals surface area contributed by atoms with Crippen molar-refractivity contribution in [3.05, 3.63) is 59.2 Å². The van der Waals surface area contributed by atoms with Gasteiger partial charge in [-0.15, -0.1) is 0 Å². The molecule has 0 amide bonds. The molecule has 166 valence electrons. The van der Waals surface area contributed by atoms with Gasteiger partial charge < -0.3 is 18.9 Å². The lowest BCUT2D eigenvalue weighted by molar-refractivity contribution is 0.261. The van der Waals surface area contributed by atoms with Crippen molar-refractivity contribution in [1.29, 1.82) is 0 Å². The summed E-state index contributed by atoms with van der Waals surface area (Å²) >= 11 is 0. The first-order valence-corrected chi connectivity index (χ1v) is 12.0. The van der Waals surface area contributed by atoms with Crippen LogP contribution < -0.4 is 9.47 Å². The Morgan fingerprint density at radius 2 is 1.35 bits per heavy atom. The number of aryl methyl sites for hydroxylation is 1. The van der Waals surface area contributed by atoms with Crippen LogP contribution in [0.5, 0.6) is 11.5 Å². The highest BCUT2D eigenvalue weighted by molar-refractivity contribution is 5.39. The lowest BCUT2D eigenvalue weighted by atomic mass is 9.76.